The quantitative estimate of drug-likeness (QED) is 0.746. The van der Waals surface area contributed by atoms with Crippen molar-refractivity contribution < 1.29 is 14.0 Å². The Morgan fingerprint density at radius 3 is 2.68 bits per heavy atom. The maximum Gasteiger partial charge on any atom is 0.293 e. The third-order valence-electron chi connectivity index (χ3n) is 5.58. The summed E-state index contributed by atoms with van der Waals surface area (Å²) in [5.74, 6) is 0.518. The highest BCUT2D eigenvalue weighted by molar-refractivity contribution is 6.06. The zero-order chi connectivity index (χ0) is 19.1. The lowest BCUT2D eigenvalue weighted by atomic mass is 10.1. The van der Waals surface area contributed by atoms with Crippen LogP contribution in [0.2, 0.25) is 0 Å². The van der Waals surface area contributed by atoms with Gasteiger partial charge in [-0.05, 0) is 54.2 Å². The number of rotatable bonds is 4. The van der Waals surface area contributed by atoms with Crippen molar-refractivity contribution in [2.24, 2.45) is 5.92 Å². The Labute approximate surface area is 163 Å². The highest BCUT2D eigenvalue weighted by Gasteiger charge is 2.43. The number of furan rings is 1. The average molecular weight is 372 g/mol. The number of fused-ring (bicyclic) bond motifs is 1. The van der Waals surface area contributed by atoms with E-state index in [0.717, 1.165) is 29.8 Å². The van der Waals surface area contributed by atoms with Gasteiger partial charge in [-0.3, -0.25) is 9.59 Å². The number of nitrogens with zero attached hydrogens (tertiary/aromatic N) is 1. The fourth-order valence-electron chi connectivity index (χ4n) is 3.99. The van der Waals surface area contributed by atoms with Crippen LogP contribution >= 0.6 is 0 Å². The molecule has 2 amide bonds. The summed E-state index contributed by atoms with van der Waals surface area (Å²) in [6.45, 7) is 0.616. The van der Waals surface area contributed by atoms with Gasteiger partial charge in [0.05, 0.1) is 6.26 Å². The Bertz CT molecular complexity index is 1030. The molecule has 2 aliphatic rings. The predicted octanol–water partition coefficient (Wildman–Crippen LogP) is 4.22. The van der Waals surface area contributed by atoms with Gasteiger partial charge >= 0.3 is 0 Å². The molecule has 5 nitrogen and oxygen atoms in total. The van der Waals surface area contributed by atoms with Crippen molar-refractivity contribution in [2.75, 3.05) is 16.8 Å². The molecule has 3 aromatic rings. The molecule has 140 valence electrons. The molecule has 0 bridgehead atoms. The minimum absolute atomic E-state index is 0.0107. The highest BCUT2D eigenvalue weighted by atomic mass is 16.3. The SMILES string of the molecule is O=C(Nc1ccc2c(c1)N(C(=O)c1ccco1)CC2)C1CC1c1ccccc1. The van der Waals surface area contributed by atoms with Gasteiger partial charge in [-0.1, -0.05) is 36.4 Å². The lowest BCUT2D eigenvalue weighted by molar-refractivity contribution is -0.117. The first-order valence-corrected chi connectivity index (χ1v) is 9.55. The Balaban J connectivity index is 1.31. The second kappa shape index (κ2) is 6.68. The van der Waals surface area contributed by atoms with E-state index >= 15 is 0 Å². The van der Waals surface area contributed by atoms with Gasteiger partial charge < -0.3 is 14.6 Å². The van der Waals surface area contributed by atoms with Crippen molar-refractivity contribution in [1.82, 2.24) is 0 Å². The second-order valence-corrected chi connectivity index (χ2v) is 7.38. The Morgan fingerprint density at radius 2 is 1.89 bits per heavy atom. The molecule has 1 N–H and O–H groups in total. The fraction of sp³-hybridized carbons (Fsp3) is 0.217. The van der Waals surface area contributed by atoms with E-state index < -0.39 is 0 Å². The number of hydrogen-bond acceptors (Lipinski definition) is 3. The highest BCUT2D eigenvalue weighted by Crippen LogP contribution is 2.48. The van der Waals surface area contributed by atoms with Crippen LogP contribution in [0.1, 0.15) is 34.0 Å². The molecule has 1 fully saturated rings. The summed E-state index contributed by atoms with van der Waals surface area (Å²) in [5.41, 5.74) is 3.88. The van der Waals surface area contributed by atoms with Gasteiger partial charge in [-0.15, -0.1) is 0 Å². The number of benzene rings is 2. The van der Waals surface area contributed by atoms with Crippen molar-refractivity contribution in [3.05, 3.63) is 83.8 Å². The zero-order valence-electron chi connectivity index (χ0n) is 15.3. The van der Waals surface area contributed by atoms with Crippen LogP contribution in [-0.4, -0.2) is 18.4 Å². The zero-order valence-corrected chi connectivity index (χ0v) is 15.3. The van der Waals surface area contributed by atoms with Gasteiger partial charge in [-0.2, -0.15) is 0 Å². The minimum Gasteiger partial charge on any atom is -0.459 e. The molecular weight excluding hydrogens is 352 g/mol. The molecule has 28 heavy (non-hydrogen) atoms. The van der Waals surface area contributed by atoms with E-state index in [1.165, 1.54) is 11.8 Å². The molecule has 2 heterocycles. The molecule has 2 unspecified atom stereocenters. The number of hydrogen-bond donors (Lipinski definition) is 1. The molecular formula is C23H20N2O3. The molecule has 5 heteroatoms. The maximum absolute atomic E-state index is 12.7. The summed E-state index contributed by atoms with van der Waals surface area (Å²) in [5, 5.41) is 3.03. The molecule has 2 atom stereocenters. The van der Waals surface area contributed by atoms with Gasteiger partial charge in [0, 0.05) is 23.8 Å². The monoisotopic (exact) mass is 372 g/mol. The van der Waals surface area contributed by atoms with Crippen LogP contribution in [0.5, 0.6) is 0 Å². The van der Waals surface area contributed by atoms with Gasteiger partial charge in [0.2, 0.25) is 5.91 Å². The van der Waals surface area contributed by atoms with Crippen molar-refractivity contribution in [3.8, 4) is 0 Å². The van der Waals surface area contributed by atoms with Gasteiger partial charge in [0.1, 0.15) is 0 Å². The van der Waals surface area contributed by atoms with Crippen LogP contribution < -0.4 is 10.2 Å². The smallest absolute Gasteiger partial charge is 0.293 e. The molecule has 1 aliphatic heterocycles. The number of anilines is 2. The van der Waals surface area contributed by atoms with Crippen LogP contribution in [0.25, 0.3) is 0 Å². The van der Waals surface area contributed by atoms with E-state index in [9.17, 15) is 9.59 Å². The first-order chi connectivity index (χ1) is 13.7. The summed E-state index contributed by atoms with van der Waals surface area (Å²) in [6.07, 6.45) is 3.18. The third kappa shape index (κ3) is 2.99. The number of nitrogens with one attached hydrogen (secondary N) is 1. The summed E-state index contributed by atoms with van der Waals surface area (Å²) in [6, 6.07) is 19.3. The molecule has 2 aromatic carbocycles. The number of amides is 2. The van der Waals surface area contributed by atoms with E-state index in [0.29, 0.717) is 18.2 Å². The molecule has 0 spiro atoms. The topological polar surface area (TPSA) is 62.6 Å². The summed E-state index contributed by atoms with van der Waals surface area (Å²) < 4.78 is 5.25. The van der Waals surface area contributed by atoms with Crippen LogP contribution in [0.15, 0.2) is 71.3 Å². The van der Waals surface area contributed by atoms with Crippen molar-refractivity contribution >= 4 is 23.2 Å². The largest absolute Gasteiger partial charge is 0.459 e. The van der Waals surface area contributed by atoms with Crippen molar-refractivity contribution in [1.29, 1.82) is 0 Å². The van der Waals surface area contributed by atoms with Gasteiger partial charge in [0.15, 0.2) is 5.76 Å². The summed E-state index contributed by atoms with van der Waals surface area (Å²) in [4.78, 5) is 27.0. The first-order valence-electron chi connectivity index (χ1n) is 9.55. The average Bonchev–Trinajstić information content (AvgIpc) is 3.13. The maximum atomic E-state index is 12.7. The van der Waals surface area contributed by atoms with Crippen LogP contribution in [-0.2, 0) is 11.2 Å². The van der Waals surface area contributed by atoms with Crippen molar-refractivity contribution in [2.45, 2.75) is 18.8 Å². The molecule has 0 saturated heterocycles. The molecule has 1 aromatic heterocycles. The summed E-state index contributed by atoms with van der Waals surface area (Å²) in [7, 11) is 0. The third-order valence-corrected chi connectivity index (χ3v) is 5.58. The Morgan fingerprint density at radius 1 is 1.04 bits per heavy atom. The van der Waals surface area contributed by atoms with Crippen LogP contribution in [0, 0.1) is 5.92 Å². The summed E-state index contributed by atoms with van der Waals surface area (Å²) >= 11 is 0. The second-order valence-electron chi connectivity index (χ2n) is 7.38. The van der Waals surface area contributed by atoms with E-state index in [2.05, 4.69) is 17.4 Å². The first kappa shape index (κ1) is 16.8. The number of carbonyl (C=O) groups excluding carboxylic acids is 2. The van der Waals surface area contributed by atoms with Crippen LogP contribution in [0.3, 0.4) is 0 Å². The lowest BCUT2D eigenvalue weighted by Crippen LogP contribution is -2.28. The van der Waals surface area contributed by atoms with Gasteiger partial charge in [-0.25, -0.2) is 0 Å². The number of carbonyl (C=O) groups is 2. The van der Waals surface area contributed by atoms with E-state index in [1.54, 1.807) is 17.0 Å². The molecule has 1 saturated carbocycles. The standard InChI is InChI=1S/C23H20N2O3/c26-22(19-14-18(19)15-5-2-1-3-6-15)24-17-9-8-16-10-11-25(20(16)13-17)23(27)21-7-4-12-28-21/h1-9,12-13,18-19H,10-11,14H2,(H,24,26). The van der Waals surface area contributed by atoms with E-state index in [1.807, 2.05) is 36.4 Å². The fourth-order valence-corrected chi connectivity index (χ4v) is 3.99. The van der Waals surface area contributed by atoms with E-state index in [4.69, 9.17) is 4.42 Å². The van der Waals surface area contributed by atoms with Crippen molar-refractivity contribution in [3.63, 3.8) is 0 Å². The molecule has 1 aliphatic carbocycles. The molecule has 5 rings (SSSR count). The van der Waals surface area contributed by atoms with Gasteiger partial charge in [0.25, 0.3) is 5.91 Å². The lowest BCUT2D eigenvalue weighted by Gasteiger charge is -2.17. The predicted molar refractivity (Wildman–Crippen MR) is 106 cm³/mol. The van der Waals surface area contributed by atoms with E-state index in [-0.39, 0.29) is 17.7 Å². The Hall–Kier alpha value is -3.34. The minimum atomic E-state index is -0.154. The molecule has 0 radical (unpaired) electrons. The Kier molecular flexibility index (Phi) is 4.01. The van der Waals surface area contributed by atoms with Crippen LogP contribution in [0.4, 0.5) is 11.4 Å². The normalized spacial score (nSPS) is 19.9.